The van der Waals surface area contributed by atoms with Crippen molar-refractivity contribution in [3.05, 3.63) is 58.7 Å². The summed E-state index contributed by atoms with van der Waals surface area (Å²) < 4.78 is 5.48. The minimum Gasteiger partial charge on any atom is -0.489 e. The second-order valence-electron chi connectivity index (χ2n) is 6.81. The number of hydrazone groups is 1. The lowest BCUT2D eigenvalue weighted by molar-refractivity contribution is -0.384. The maximum Gasteiger partial charge on any atom is 0.270 e. The Balaban J connectivity index is 1.62. The van der Waals surface area contributed by atoms with Crippen LogP contribution in [0.5, 0.6) is 5.75 Å². The van der Waals surface area contributed by atoms with Gasteiger partial charge in [0, 0.05) is 17.7 Å². The summed E-state index contributed by atoms with van der Waals surface area (Å²) in [4.78, 5) is 35.8. The predicted molar refractivity (Wildman–Crippen MR) is 96.0 cm³/mol. The fourth-order valence-corrected chi connectivity index (χ4v) is 4.15. The van der Waals surface area contributed by atoms with Gasteiger partial charge in [-0.3, -0.25) is 19.7 Å². The third-order valence-corrected chi connectivity index (χ3v) is 5.32. The van der Waals surface area contributed by atoms with E-state index >= 15 is 0 Å². The van der Waals surface area contributed by atoms with Gasteiger partial charge < -0.3 is 4.74 Å². The third kappa shape index (κ3) is 2.73. The fourth-order valence-electron chi connectivity index (χ4n) is 4.15. The number of allylic oxidation sites excluding steroid dienone is 2. The van der Waals surface area contributed by atoms with Crippen LogP contribution in [0.2, 0.25) is 0 Å². The number of benzene rings is 1. The molecule has 0 spiro atoms. The minimum absolute atomic E-state index is 0.0981. The number of rotatable bonds is 6. The number of non-ortho nitro benzene ring substituents is 1. The summed E-state index contributed by atoms with van der Waals surface area (Å²) in [6.07, 6.45) is 7.66. The molecule has 27 heavy (non-hydrogen) atoms. The van der Waals surface area contributed by atoms with Gasteiger partial charge in [-0.15, -0.1) is 0 Å². The van der Waals surface area contributed by atoms with Crippen LogP contribution in [0.4, 0.5) is 5.69 Å². The molecule has 2 fully saturated rings. The Morgan fingerprint density at radius 2 is 1.93 bits per heavy atom. The van der Waals surface area contributed by atoms with Crippen molar-refractivity contribution in [1.82, 2.24) is 5.01 Å². The number of carbonyl (C=O) groups excluding carboxylic acids is 2. The summed E-state index contributed by atoms with van der Waals surface area (Å²) in [6.45, 7) is 3.77. The number of fused-ring (bicyclic) bond motifs is 5. The van der Waals surface area contributed by atoms with Crippen molar-refractivity contribution in [2.24, 2.45) is 28.8 Å². The zero-order valence-corrected chi connectivity index (χ0v) is 14.4. The van der Waals surface area contributed by atoms with Crippen molar-refractivity contribution in [3.63, 3.8) is 0 Å². The fraction of sp³-hybridized carbons (Fsp3) is 0.316. The highest BCUT2D eigenvalue weighted by molar-refractivity contribution is 6.07. The first kappa shape index (κ1) is 17.1. The number of nitro benzene ring substituents is 1. The molecule has 0 N–H and O–H groups in total. The maximum absolute atomic E-state index is 12.6. The van der Waals surface area contributed by atoms with Gasteiger partial charge in [0.05, 0.1) is 23.0 Å². The summed E-state index contributed by atoms with van der Waals surface area (Å²) >= 11 is 0. The highest BCUT2D eigenvalue weighted by atomic mass is 16.6. The van der Waals surface area contributed by atoms with Crippen LogP contribution in [-0.2, 0) is 9.59 Å². The molecule has 0 unspecified atom stereocenters. The van der Waals surface area contributed by atoms with Crippen molar-refractivity contribution >= 4 is 23.7 Å². The van der Waals surface area contributed by atoms with E-state index in [1.165, 1.54) is 24.4 Å². The second-order valence-corrected chi connectivity index (χ2v) is 6.81. The van der Waals surface area contributed by atoms with Crippen molar-refractivity contribution < 1.29 is 19.2 Å². The third-order valence-electron chi connectivity index (χ3n) is 5.32. The monoisotopic (exact) mass is 367 g/mol. The summed E-state index contributed by atoms with van der Waals surface area (Å²) in [7, 11) is 0. The first-order valence-electron chi connectivity index (χ1n) is 8.63. The quantitative estimate of drug-likeness (QED) is 0.252. The largest absolute Gasteiger partial charge is 0.489 e. The predicted octanol–water partition coefficient (Wildman–Crippen LogP) is 2.30. The van der Waals surface area contributed by atoms with Crippen LogP contribution >= 0.6 is 0 Å². The van der Waals surface area contributed by atoms with E-state index in [9.17, 15) is 19.7 Å². The van der Waals surface area contributed by atoms with E-state index < -0.39 is 4.92 Å². The van der Waals surface area contributed by atoms with Gasteiger partial charge in [-0.1, -0.05) is 24.8 Å². The van der Waals surface area contributed by atoms with E-state index in [0.717, 1.165) is 11.4 Å². The lowest BCUT2D eigenvalue weighted by atomic mass is 9.85. The van der Waals surface area contributed by atoms with Gasteiger partial charge in [-0.25, -0.2) is 0 Å². The molecule has 1 saturated heterocycles. The molecule has 2 bridgehead atoms. The summed E-state index contributed by atoms with van der Waals surface area (Å²) in [5.74, 6) is -0.751. The first-order chi connectivity index (χ1) is 13.0. The number of ether oxygens (including phenoxy) is 1. The normalized spacial score (nSPS) is 28.2. The van der Waals surface area contributed by atoms with E-state index in [1.54, 1.807) is 6.08 Å². The smallest absolute Gasteiger partial charge is 0.270 e. The van der Waals surface area contributed by atoms with Crippen molar-refractivity contribution in [2.45, 2.75) is 6.42 Å². The van der Waals surface area contributed by atoms with Crippen LogP contribution in [0, 0.1) is 33.8 Å². The van der Waals surface area contributed by atoms with E-state index in [-0.39, 0.29) is 47.8 Å². The molecule has 2 amide bonds. The molecular weight excluding hydrogens is 350 g/mol. The van der Waals surface area contributed by atoms with Crippen molar-refractivity contribution in [1.29, 1.82) is 0 Å². The maximum atomic E-state index is 12.6. The topological polar surface area (TPSA) is 102 Å². The van der Waals surface area contributed by atoms with Gasteiger partial charge >= 0.3 is 0 Å². The molecule has 4 atom stereocenters. The molecular formula is C19H17N3O5. The van der Waals surface area contributed by atoms with Crippen LogP contribution in [0.1, 0.15) is 12.0 Å². The number of hydrogen-bond acceptors (Lipinski definition) is 6. The van der Waals surface area contributed by atoms with Crippen molar-refractivity contribution in [2.75, 3.05) is 6.61 Å². The minimum atomic E-state index is -0.533. The molecule has 138 valence electrons. The standard InChI is InChI=1S/C19H17N3O5/c1-2-7-27-15-6-5-14(22(25)26)9-13(15)10-20-21-18(23)16-11-3-4-12(8-11)17(16)19(21)24/h2-6,9-12,16-17H,1,7-8H2/t11-,12-,16-,17+/m0/s1. The molecule has 4 rings (SSSR count). The van der Waals surface area contributed by atoms with E-state index in [0.29, 0.717) is 11.3 Å². The van der Waals surface area contributed by atoms with E-state index in [2.05, 4.69) is 11.7 Å². The molecule has 8 nitrogen and oxygen atoms in total. The van der Waals surface area contributed by atoms with Gasteiger partial charge in [0.15, 0.2) is 0 Å². The molecule has 8 heteroatoms. The van der Waals surface area contributed by atoms with E-state index in [4.69, 9.17) is 4.74 Å². The van der Waals surface area contributed by atoms with Crippen LogP contribution < -0.4 is 4.74 Å². The number of nitro groups is 1. The van der Waals surface area contributed by atoms with Gasteiger partial charge in [-0.05, 0) is 24.3 Å². The highest BCUT2D eigenvalue weighted by Gasteiger charge is 2.59. The van der Waals surface area contributed by atoms with Crippen molar-refractivity contribution in [3.8, 4) is 5.75 Å². The molecule has 3 aliphatic rings. The Bertz CT molecular complexity index is 877. The molecule has 1 saturated carbocycles. The van der Waals surface area contributed by atoms with E-state index in [1.807, 2.05) is 12.2 Å². The zero-order chi connectivity index (χ0) is 19.1. The van der Waals surface area contributed by atoms with Gasteiger partial charge in [0.2, 0.25) is 0 Å². The Morgan fingerprint density at radius 1 is 1.26 bits per heavy atom. The van der Waals surface area contributed by atoms with Crippen LogP contribution in [0.25, 0.3) is 0 Å². The lowest BCUT2D eigenvalue weighted by Crippen LogP contribution is -2.28. The molecule has 1 aromatic rings. The average molecular weight is 367 g/mol. The number of imide groups is 1. The number of nitrogens with zero attached hydrogens (tertiary/aromatic N) is 3. The summed E-state index contributed by atoms with van der Waals surface area (Å²) in [5, 5.41) is 16.0. The van der Waals surface area contributed by atoms with Gasteiger partial charge in [0.1, 0.15) is 12.4 Å². The molecule has 1 heterocycles. The van der Waals surface area contributed by atoms with Crippen LogP contribution in [0.3, 0.4) is 0 Å². The molecule has 0 aromatic heterocycles. The second kappa shape index (κ2) is 6.46. The lowest BCUT2D eigenvalue weighted by Gasteiger charge is -2.13. The highest BCUT2D eigenvalue weighted by Crippen LogP contribution is 2.52. The first-order valence-corrected chi connectivity index (χ1v) is 8.63. The molecule has 1 aliphatic heterocycles. The Labute approximate surface area is 154 Å². The summed E-state index contributed by atoms with van der Waals surface area (Å²) in [6, 6.07) is 4.06. The Morgan fingerprint density at radius 3 is 2.52 bits per heavy atom. The molecule has 1 aromatic carbocycles. The molecule has 0 radical (unpaired) electrons. The zero-order valence-electron chi connectivity index (χ0n) is 14.4. The number of amides is 2. The van der Waals surface area contributed by atoms with Gasteiger partial charge in [0.25, 0.3) is 17.5 Å². The average Bonchev–Trinajstić information content (AvgIpc) is 3.33. The number of carbonyl (C=O) groups is 2. The molecule has 2 aliphatic carbocycles. The Hall–Kier alpha value is -3.29. The summed E-state index contributed by atoms with van der Waals surface area (Å²) in [5.41, 5.74) is 0.172. The van der Waals surface area contributed by atoms with Crippen LogP contribution in [0.15, 0.2) is 48.1 Å². The van der Waals surface area contributed by atoms with Crippen LogP contribution in [-0.4, -0.2) is 34.6 Å². The number of hydrogen-bond donors (Lipinski definition) is 0. The van der Waals surface area contributed by atoms with Gasteiger partial charge in [-0.2, -0.15) is 10.1 Å². The SMILES string of the molecule is C=CCOc1ccc([N+](=O)[O-])cc1C=NN1C(=O)[C@@H]2[C@H](C1=O)[C@H]1C=C[C@H]2C1. The Kier molecular flexibility index (Phi) is 4.10.